The van der Waals surface area contributed by atoms with Gasteiger partial charge in [-0.25, -0.2) is 0 Å². The molecule has 0 spiro atoms. The molecule has 0 unspecified atom stereocenters. The first-order valence-electron chi connectivity index (χ1n) is 4.32. The first-order chi connectivity index (χ1) is 6.03. The van der Waals surface area contributed by atoms with E-state index in [0.29, 0.717) is 6.42 Å². The van der Waals surface area contributed by atoms with Gasteiger partial charge in [0.25, 0.3) is 0 Å². The Morgan fingerprint density at radius 2 is 2.38 bits per heavy atom. The predicted octanol–water partition coefficient (Wildman–Crippen LogP) is 1.98. The van der Waals surface area contributed by atoms with Crippen LogP contribution in [0.1, 0.15) is 20.3 Å². The number of hydrogen-bond donors (Lipinski definition) is 2. The molecule has 0 amide bonds. The highest BCUT2D eigenvalue weighted by Gasteiger charge is 2.43. The fourth-order valence-corrected chi connectivity index (χ4v) is 2.12. The van der Waals surface area contributed by atoms with Gasteiger partial charge in [-0.1, -0.05) is 26.0 Å². The Bertz CT molecular complexity index is 240. The van der Waals surface area contributed by atoms with E-state index in [1.807, 2.05) is 26.0 Å². The molecule has 1 rings (SSSR count). The molecule has 0 aromatic rings. The number of aliphatic carboxylic acids is 1. The third kappa shape index (κ3) is 1.88. The second kappa shape index (κ2) is 3.96. The summed E-state index contributed by atoms with van der Waals surface area (Å²) in [6, 6.07) is 0.194. The van der Waals surface area contributed by atoms with E-state index in [-0.39, 0.29) is 12.0 Å². The van der Waals surface area contributed by atoms with Crippen LogP contribution in [0.25, 0.3) is 0 Å². The maximum absolute atomic E-state index is 11.1. The highest BCUT2D eigenvalue weighted by atomic mass is 127. The van der Waals surface area contributed by atoms with Crippen LogP contribution in [-0.2, 0) is 4.79 Å². The number of carboxylic acids is 1. The lowest BCUT2D eigenvalue weighted by Crippen LogP contribution is -2.35. The van der Waals surface area contributed by atoms with E-state index in [4.69, 9.17) is 5.11 Å². The van der Waals surface area contributed by atoms with Crippen molar-refractivity contribution in [2.24, 2.45) is 11.3 Å². The van der Waals surface area contributed by atoms with Crippen LogP contribution in [0.3, 0.4) is 0 Å². The minimum Gasteiger partial charge on any atom is -0.481 e. The van der Waals surface area contributed by atoms with Crippen molar-refractivity contribution in [1.29, 1.82) is 0 Å². The molecular weight excluding hydrogens is 281 g/mol. The van der Waals surface area contributed by atoms with E-state index in [0.717, 1.165) is 0 Å². The van der Waals surface area contributed by atoms with E-state index < -0.39 is 11.4 Å². The van der Waals surface area contributed by atoms with Gasteiger partial charge < -0.3 is 5.11 Å². The Morgan fingerprint density at radius 3 is 2.62 bits per heavy atom. The average Bonchev–Trinajstić information content (AvgIpc) is 2.48. The molecule has 4 heteroatoms. The first-order valence-corrected chi connectivity index (χ1v) is 5.39. The lowest BCUT2D eigenvalue weighted by atomic mass is 9.76. The van der Waals surface area contributed by atoms with Gasteiger partial charge in [0.15, 0.2) is 0 Å². The molecule has 0 aromatic heterocycles. The monoisotopic (exact) mass is 295 g/mol. The Kier molecular flexibility index (Phi) is 3.34. The van der Waals surface area contributed by atoms with Crippen molar-refractivity contribution in [2.75, 3.05) is 0 Å². The number of halogens is 1. The largest absolute Gasteiger partial charge is 0.481 e. The molecule has 0 saturated heterocycles. The smallest absolute Gasteiger partial charge is 0.313 e. The topological polar surface area (TPSA) is 49.3 Å². The highest BCUT2D eigenvalue weighted by molar-refractivity contribution is 14.1. The summed E-state index contributed by atoms with van der Waals surface area (Å²) in [6.07, 6.45) is 4.43. The molecule has 13 heavy (non-hydrogen) atoms. The molecule has 0 heterocycles. The van der Waals surface area contributed by atoms with Crippen LogP contribution in [0, 0.1) is 11.3 Å². The molecule has 2 N–H and O–H groups in total. The van der Waals surface area contributed by atoms with Gasteiger partial charge >= 0.3 is 5.97 Å². The zero-order valence-electron chi connectivity index (χ0n) is 7.75. The standard InChI is InChI=1S/C9H14INO2/c1-6(2)9(8(12)13)4-3-7(5-9)11-10/h3-4,6-7,11H,5H2,1-2H3,(H,12,13)/t7-,9+/m1/s1. The second-order valence-corrected chi connectivity index (χ2v) is 4.40. The molecule has 0 fully saturated rings. The molecule has 1 aliphatic rings. The van der Waals surface area contributed by atoms with Gasteiger partial charge in [0.1, 0.15) is 0 Å². The summed E-state index contributed by atoms with van der Waals surface area (Å²) < 4.78 is 3.05. The maximum atomic E-state index is 11.1. The van der Waals surface area contributed by atoms with Crippen molar-refractivity contribution in [2.45, 2.75) is 26.3 Å². The summed E-state index contributed by atoms with van der Waals surface area (Å²) in [4.78, 5) is 11.1. The fraction of sp³-hybridized carbons (Fsp3) is 0.667. The van der Waals surface area contributed by atoms with Crippen LogP contribution < -0.4 is 3.53 Å². The lowest BCUT2D eigenvalue weighted by Gasteiger charge is -2.27. The van der Waals surface area contributed by atoms with Crippen molar-refractivity contribution in [1.82, 2.24) is 3.53 Å². The fourth-order valence-electron chi connectivity index (χ4n) is 1.70. The molecule has 3 nitrogen and oxygen atoms in total. The van der Waals surface area contributed by atoms with Crippen LogP contribution in [0.2, 0.25) is 0 Å². The van der Waals surface area contributed by atoms with Gasteiger partial charge in [-0.05, 0) is 12.3 Å². The molecule has 0 saturated carbocycles. The molecule has 0 bridgehead atoms. The van der Waals surface area contributed by atoms with Crippen molar-refractivity contribution in [3.8, 4) is 0 Å². The third-order valence-electron chi connectivity index (χ3n) is 2.75. The lowest BCUT2D eigenvalue weighted by molar-refractivity contribution is -0.148. The van der Waals surface area contributed by atoms with E-state index in [1.54, 1.807) is 0 Å². The van der Waals surface area contributed by atoms with Crippen LogP contribution in [0.5, 0.6) is 0 Å². The Hall–Kier alpha value is -0.100. The van der Waals surface area contributed by atoms with Crippen molar-refractivity contribution in [3.63, 3.8) is 0 Å². The summed E-state index contributed by atoms with van der Waals surface area (Å²) >= 11 is 2.06. The quantitative estimate of drug-likeness (QED) is 0.475. The zero-order valence-corrected chi connectivity index (χ0v) is 9.91. The van der Waals surface area contributed by atoms with Crippen LogP contribution in [-0.4, -0.2) is 17.1 Å². The minimum atomic E-state index is -0.715. The summed E-state index contributed by atoms with van der Waals surface area (Å²) in [6.45, 7) is 3.90. The predicted molar refractivity (Wildman–Crippen MR) is 59.6 cm³/mol. The van der Waals surface area contributed by atoms with Gasteiger partial charge in [0.05, 0.1) is 5.41 Å². The van der Waals surface area contributed by atoms with E-state index in [2.05, 4.69) is 26.4 Å². The summed E-state index contributed by atoms with van der Waals surface area (Å²) in [5, 5.41) is 9.17. The van der Waals surface area contributed by atoms with E-state index in [9.17, 15) is 4.79 Å². The minimum absolute atomic E-state index is 0.135. The van der Waals surface area contributed by atoms with Crippen LogP contribution in [0.15, 0.2) is 12.2 Å². The van der Waals surface area contributed by atoms with Crippen molar-refractivity contribution < 1.29 is 9.90 Å². The summed E-state index contributed by atoms with van der Waals surface area (Å²) in [5.41, 5.74) is -0.664. The molecule has 0 aliphatic heterocycles. The van der Waals surface area contributed by atoms with Gasteiger partial charge in [-0.2, -0.15) is 0 Å². The Morgan fingerprint density at radius 1 is 1.77 bits per heavy atom. The van der Waals surface area contributed by atoms with Gasteiger partial charge in [-0.3, -0.25) is 8.32 Å². The number of carbonyl (C=O) groups is 1. The molecule has 1 aliphatic carbocycles. The molecular formula is C9H14INO2. The number of rotatable bonds is 3. The second-order valence-electron chi connectivity index (χ2n) is 3.78. The zero-order chi connectivity index (χ0) is 10.1. The Labute approximate surface area is 92.1 Å². The van der Waals surface area contributed by atoms with Crippen LogP contribution >= 0.6 is 22.9 Å². The maximum Gasteiger partial charge on any atom is 0.313 e. The van der Waals surface area contributed by atoms with Crippen LogP contribution in [0.4, 0.5) is 0 Å². The molecule has 0 aromatic carbocycles. The highest BCUT2D eigenvalue weighted by Crippen LogP contribution is 2.39. The van der Waals surface area contributed by atoms with Crippen molar-refractivity contribution in [3.05, 3.63) is 12.2 Å². The number of carboxylic acid groups (broad SMARTS) is 1. The van der Waals surface area contributed by atoms with Gasteiger partial charge in [0.2, 0.25) is 0 Å². The van der Waals surface area contributed by atoms with E-state index >= 15 is 0 Å². The van der Waals surface area contributed by atoms with Gasteiger partial charge in [-0.15, -0.1) is 0 Å². The molecule has 2 atom stereocenters. The SMILES string of the molecule is CC(C)[C@]1(C(=O)O)C=C[C@@H](NI)C1. The first kappa shape index (κ1) is 11.0. The average molecular weight is 295 g/mol. The molecule has 74 valence electrons. The van der Waals surface area contributed by atoms with Crippen molar-refractivity contribution >= 4 is 28.8 Å². The van der Waals surface area contributed by atoms with E-state index in [1.165, 1.54) is 0 Å². The third-order valence-corrected chi connectivity index (χ3v) is 3.55. The summed E-state index contributed by atoms with van der Waals surface area (Å²) in [5.74, 6) is -0.580. The number of nitrogens with one attached hydrogen (secondary N) is 1. The van der Waals surface area contributed by atoms with Gasteiger partial charge in [0, 0.05) is 28.9 Å². The molecule has 0 radical (unpaired) electrons. The summed E-state index contributed by atoms with van der Waals surface area (Å²) in [7, 11) is 0. The normalized spacial score (nSPS) is 32.8. The Balaban J connectivity index is 2.86. The number of hydrogen-bond acceptors (Lipinski definition) is 2.